The van der Waals surface area contributed by atoms with Crippen LogP contribution in [0.1, 0.15) is 16.8 Å². The van der Waals surface area contributed by atoms with Crippen LogP contribution in [0.3, 0.4) is 0 Å². The van der Waals surface area contributed by atoms with Crippen molar-refractivity contribution in [2.45, 2.75) is 6.92 Å². The number of rotatable bonds is 2. The lowest BCUT2D eigenvalue weighted by Gasteiger charge is -2.12. The van der Waals surface area contributed by atoms with Gasteiger partial charge in [-0.05, 0) is 30.7 Å². The van der Waals surface area contributed by atoms with Gasteiger partial charge in [0.2, 0.25) is 0 Å². The van der Waals surface area contributed by atoms with Gasteiger partial charge in [-0.2, -0.15) is 0 Å². The van der Waals surface area contributed by atoms with Crippen LogP contribution in [-0.4, -0.2) is 4.57 Å². The molecule has 0 saturated carbocycles. The summed E-state index contributed by atoms with van der Waals surface area (Å²) in [6.45, 7) is 1.89. The first kappa shape index (κ1) is 13.4. The van der Waals surface area contributed by atoms with Crippen molar-refractivity contribution in [1.29, 1.82) is 0 Å². The normalized spacial score (nSPS) is 11.3. The molecule has 2 heteroatoms. The summed E-state index contributed by atoms with van der Waals surface area (Å²) in [7, 11) is 2.00. The molecule has 1 heterocycles. The number of benzene rings is 2. The molecule has 1 aromatic heterocycles. The molecule has 104 valence electrons. The highest BCUT2D eigenvalue weighted by Gasteiger charge is 2.09. The smallest absolute Gasteiger partial charge is 0.192 e. The second-order valence-electron chi connectivity index (χ2n) is 5.16. The van der Waals surface area contributed by atoms with Crippen LogP contribution in [0.5, 0.6) is 0 Å². The van der Waals surface area contributed by atoms with Crippen molar-refractivity contribution in [1.82, 2.24) is 4.57 Å². The van der Waals surface area contributed by atoms with E-state index < -0.39 is 0 Å². The Bertz CT molecular complexity index is 873. The molecule has 0 unspecified atom stereocenters. The van der Waals surface area contributed by atoms with Crippen LogP contribution in [0.4, 0.5) is 0 Å². The van der Waals surface area contributed by atoms with E-state index in [1.54, 1.807) is 0 Å². The Morgan fingerprint density at radius 2 is 1.57 bits per heavy atom. The molecule has 0 saturated heterocycles. The molecule has 3 rings (SSSR count). The molecule has 21 heavy (non-hydrogen) atoms. The van der Waals surface area contributed by atoms with Crippen LogP contribution >= 0.6 is 0 Å². The summed E-state index contributed by atoms with van der Waals surface area (Å²) in [6, 6.07) is 17.8. The molecular formula is C19H17NO. The van der Waals surface area contributed by atoms with Gasteiger partial charge in [0.25, 0.3) is 0 Å². The van der Waals surface area contributed by atoms with Crippen molar-refractivity contribution in [3.05, 3.63) is 81.6 Å². The molecule has 0 atom stereocenters. The Labute approximate surface area is 124 Å². The largest absolute Gasteiger partial charge is 0.344 e. The summed E-state index contributed by atoms with van der Waals surface area (Å²) < 4.78 is 2.07. The number of para-hydroxylation sites is 1. The van der Waals surface area contributed by atoms with E-state index in [9.17, 15) is 4.79 Å². The van der Waals surface area contributed by atoms with Crippen molar-refractivity contribution in [2.24, 2.45) is 7.05 Å². The first-order valence-corrected chi connectivity index (χ1v) is 7.00. The zero-order valence-corrected chi connectivity index (χ0v) is 12.2. The molecule has 0 N–H and O–H groups in total. The number of pyridine rings is 1. The average molecular weight is 275 g/mol. The minimum Gasteiger partial charge on any atom is -0.344 e. The van der Waals surface area contributed by atoms with Crippen LogP contribution < -0.4 is 5.43 Å². The van der Waals surface area contributed by atoms with Crippen LogP contribution in [0, 0.1) is 6.92 Å². The van der Waals surface area contributed by atoms with Gasteiger partial charge >= 0.3 is 0 Å². The van der Waals surface area contributed by atoms with Gasteiger partial charge in [-0.25, -0.2) is 0 Å². The van der Waals surface area contributed by atoms with Gasteiger partial charge in [0.05, 0.1) is 5.52 Å². The van der Waals surface area contributed by atoms with E-state index in [1.807, 2.05) is 80.7 Å². The molecule has 2 aromatic carbocycles. The molecular weight excluding hydrogens is 258 g/mol. The van der Waals surface area contributed by atoms with Crippen LogP contribution in [0.25, 0.3) is 23.1 Å². The molecule has 0 aliphatic heterocycles. The van der Waals surface area contributed by atoms with Crippen molar-refractivity contribution >= 4 is 23.1 Å². The Hall–Kier alpha value is -2.61. The third-order valence-electron chi connectivity index (χ3n) is 3.83. The number of aryl methyl sites for hydroxylation is 1. The SMILES string of the molecule is Cc1c(/C=C/c2ccccc2)n(C)c2ccccc2c1=O. The maximum Gasteiger partial charge on any atom is 0.192 e. The van der Waals surface area contributed by atoms with Crippen molar-refractivity contribution in [2.75, 3.05) is 0 Å². The first-order chi connectivity index (χ1) is 10.2. The molecule has 0 bridgehead atoms. The Balaban J connectivity index is 2.19. The van der Waals surface area contributed by atoms with Crippen LogP contribution in [0.2, 0.25) is 0 Å². The Kier molecular flexibility index (Phi) is 3.44. The molecule has 0 fully saturated rings. The highest BCUT2D eigenvalue weighted by atomic mass is 16.1. The van der Waals surface area contributed by atoms with E-state index in [-0.39, 0.29) is 5.43 Å². The molecule has 3 aromatic rings. The highest BCUT2D eigenvalue weighted by molar-refractivity contribution is 5.83. The standard InChI is InChI=1S/C19H17NO/c1-14-17(13-12-15-8-4-3-5-9-15)20(2)18-11-7-6-10-16(18)19(14)21/h3-13H,1-2H3/b13-12+. The van der Waals surface area contributed by atoms with E-state index in [2.05, 4.69) is 4.57 Å². The number of nitrogens with zero attached hydrogens (tertiary/aromatic N) is 1. The fourth-order valence-corrected chi connectivity index (χ4v) is 2.63. The van der Waals surface area contributed by atoms with E-state index in [1.165, 1.54) is 0 Å². The predicted molar refractivity (Wildman–Crippen MR) is 89.3 cm³/mol. The van der Waals surface area contributed by atoms with E-state index in [0.29, 0.717) is 0 Å². The van der Waals surface area contributed by atoms with Crippen LogP contribution in [0.15, 0.2) is 59.4 Å². The molecule has 0 aliphatic rings. The van der Waals surface area contributed by atoms with E-state index >= 15 is 0 Å². The second-order valence-corrected chi connectivity index (χ2v) is 5.16. The van der Waals surface area contributed by atoms with Gasteiger partial charge in [-0.3, -0.25) is 4.79 Å². The molecule has 0 aliphatic carbocycles. The average Bonchev–Trinajstić information content (AvgIpc) is 2.54. The monoisotopic (exact) mass is 275 g/mol. The van der Waals surface area contributed by atoms with Gasteiger partial charge in [0, 0.05) is 23.7 Å². The summed E-state index contributed by atoms with van der Waals surface area (Å²) in [5.74, 6) is 0. The summed E-state index contributed by atoms with van der Waals surface area (Å²) in [5, 5.41) is 0.773. The zero-order valence-electron chi connectivity index (χ0n) is 12.2. The molecule has 0 radical (unpaired) electrons. The molecule has 2 nitrogen and oxygen atoms in total. The van der Waals surface area contributed by atoms with Crippen LogP contribution in [-0.2, 0) is 7.05 Å². The fourth-order valence-electron chi connectivity index (χ4n) is 2.63. The second kappa shape index (κ2) is 5.41. The van der Waals surface area contributed by atoms with Gasteiger partial charge in [0.15, 0.2) is 5.43 Å². The Morgan fingerprint density at radius 3 is 2.33 bits per heavy atom. The Morgan fingerprint density at radius 1 is 0.905 bits per heavy atom. The summed E-state index contributed by atoms with van der Waals surface area (Å²) in [6.07, 6.45) is 4.05. The number of hydrogen-bond acceptors (Lipinski definition) is 1. The predicted octanol–water partition coefficient (Wildman–Crippen LogP) is 4.02. The topological polar surface area (TPSA) is 22.0 Å². The minimum atomic E-state index is 0.108. The summed E-state index contributed by atoms with van der Waals surface area (Å²) >= 11 is 0. The van der Waals surface area contributed by atoms with E-state index in [4.69, 9.17) is 0 Å². The number of fused-ring (bicyclic) bond motifs is 1. The molecule has 0 spiro atoms. The summed E-state index contributed by atoms with van der Waals surface area (Å²) in [5.41, 5.74) is 3.92. The van der Waals surface area contributed by atoms with Gasteiger partial charge in [-0.1, -0.05) is 48.5 Å². The quantitative estimate of drug-likeness (QED) is 0.692. The van der Waals surface area contributed by atoms with Crippen molar-refractivity contribution in [3.8, 4) is 0 Å². The maximum absolute atomic E-state index is 12.5. The highest BCUT2D eigenvalue weighted by Crippen LogP contribution is 2.17. The number of aromatic nitrogens is 1. The van der Waals surface area contributed by atoms with Crippen molar-refractivity contribution < 1.29 is 0 Å². The summed E-state index contributed by atoms with van der Waals surface area (Å²) in [4.78, 5) is 12.5. The molecule has 0 amide bonds. The lowest BCUT2D eigenvalue weighted by molar-refractivity contribution is 0.923. The fraction of sp³-hybridized carbons (Fsp3) is 0.105. The number of hydrogen-bond donors (Lipinski definition) is 0. The van der Waals surface area contributed by atoms with Gasteiger partial charge in [0.1, 0.15) is 0 Å². The lowest BCUT2D eigenvalue weighted by atomic mass is 10.1. The third-order valence-corrected chi connectivity index (χ3v) is 3.83. The lowest BCUT2D eigenvalue weighted by Crippen LogP contribution is -2.14. The third kappa shape index (κ3) is 2.40. The zero-order chi connectivity index (χ0) is 14.8. The van der Waals surface area contributed by atoms with E-state index in [0.717, 1.165) is 27.7 Å². The van der Waals surface area contributed by atoms with Crippen molar-refractivity contribution in [3.63, 3.8) is 0 Å². The first-order valence-electron chi connectivity index (χ1n) is 7.00. The van der Waals surface area contributed by atoms with Gasteiger partial charge in [-0.15, -0.1) is 0 Å². The minimum absolute atomic E-state index is 0.108. The maximum atomic E-state index is 12.5. The van der Waals surface area contributed by atoms with Gasteiger partial charge < -0.3 is 4.57 Å².